The smallest absolute Gasteiger partial charge is 0.264 e. The Morgan fingerprint density at radius 3 is 2.33 bits per heavy atom. The van der Waals surface area contributed by atoms with E-state index in [1.54, 1.807) is 25.1 Å². The molecule has 3 aromatic rings. The Labute approximate surface area is 234 Å². The van der Waals surface area contributed by atoms with Gasteiger partial charge in [0.1, 0.15) is 18.4 Å². The molecule has 0 aliphatic rings. The molecule has 0 saturated heterocycles. The van der Waals surface area contributed by atoms with Crippen molar-refractivity contribution in [3.05, 3.63) is 94.8 Å². The Kier molecular flexibility index (Phi) is 10.5. The lowest BCUT2D eigenvalue weighted by molar-refractivity contribution is -0.140. The van der Waals surface area contributed by atoms with Crippen LogP contribution in [0.3, 0.4) is 0 Å². The molecule has 0 aliphatic carbocycles. The lowest BCUT2D eigenvalue weighted by Crippen LogP contribution is -2.52. The molecule has 0 bridgehead atoms. The molecule has 3 rings (SSSR count). The maximum Gasteiger partial charge on any atom is 0.264 e. The van der Waals surface area contributed by atoms with Gasteiger partial charge in [-0.25, -0.2) is 12.8 Å². The van der Waals surface area contributed by atoms with Crippen molar-refractivity contribution in [1.82, 2.24) is 10.2 Å². The number of sulfonamides is 1. The van der Waals surface area contributed by atoms with E-state index in [1.165, 1.54) is 29.2 Å². The molecular weight excluding hydrogens is 541 g/mol. The molecular formula is C29H33ClFN3O4S. The summed E-state index contributed by atoms with van der Waals surface area (Å²) < 4.78 is 42.4. The molecule has 0 spiro atoms. The normalized spacial score (nSPS) is 12.0. The average molecular weight is 574 g/mol. The van der Waals surface area contributed by atoms with Gasteiger partial charge in [-0.3, -0.25) is 13.9 Å². The van der Waals surface area contributed by atoms with Crippen LogP contribution in [0.2, 0.25) is 5.02 Å². The zero-order valence-electron chi connectivity index (χ0n) is 22.2. The van der Waals surface area contributed by atoms with E-state index in [4.69, 9.17) is 11.6 Å². The van der Waals surface area contributed by atoms with Crippen LogP contribution in [0.25, 0.3) is 0 Å². The number of amides is 2. The summed E-state index contributed by atoms with van der Waals surface area (Å²) in [4.78, 5) is 28.4. The van der Waals surface area contributed by atoms with Gasteiger partial charge in [0.05, 0.1) is 15.6 Å². The Hall–Kier alpha value is -3.43. The zero-order chi connectivity index (χ0) is 28.6. The van der Waals surface area contributed by atoms with Crippen LogP contribution in [0.5, 0.6) is 0 Å². The standard InChI is InChI=1S/C29H33ClFN3O4S/c1-4-16-32-29(36)27(5-2)33(19-22-11-9-10-21(3)17-22)28(35)20-34(23-14-15-26(31)25(30)18-23)39(37,38)24-12-7-6-8-13-24/h6-15,17-18,27H,4-5,16,19-20H2,1-3H3,(H,32,36)/t27-/m1/s1. The third-order valence-corrected chi connectivity index (χ3v) is 8.25. The summed E-state index contributed by atoms with van der Waals surface area (Å²) in [5, 5.41) is 2.56. The number of hydrogen-bond donors (Lipinski definition) is 1. The highest BCUT2D eigenvalue weighted by atomic mass is 35.5. The lowest BCUT2D eigenvalue weighted by atomic mass is 10.1. The first kappa shape index (κ1) is 30.1. The van der Waals surface area contributed by atoms with E-state index in [0.717, 1.165) is 27.9 Å². The summed E-state index contributed by atoms with van der Waals surface area (Å²) in [6.07, 6.45) is 1.04. The van der Waals surface area contributed by atoms with Crippen molar-refractivity contribution in [2.75, 3.05) is 17.4 Å². The predicted octanol–water partition coefficient (Wildman–Crippen LogP) is 5.32. The van der Waals surface area contributed by atoms with Crippen molar-refractivity contribution in [3.63, 3.8) is 0 Å². The molecule has 2 amide bonds. The van der Waals surface area contributed by atoms with Crippen molar-refractivity contribution < 1.29 is 22.4 Å². The molecule has 0 aliphatic heterocycles. The fourth-order valence-electron chi connectivity index (χ4n) is 4.18. The van der Waals surface area contributed by atoms with Crippen LogP contribution in [0.4, 0.5) is 10.1 Å². The number of hydrogen-bond acceptors (Lipinski definition) is 4. The van der Waals surface area contributed by atoms with Gasteiger partial charge in [-0.1, -0.05) is 73.5 Å². The molecule has 7 nitrogen and oxygen atoms in total. The maximum absolute atomic E-state index is 14.0. The summed E-state index contributed by atoms with van der Waals surface area (Å²) in [6.45, 7) is 5.57. The Bertz CT molecular complexity index is 1400. The number of nitrogens with zero attached hydrogens (tertiary/aromatic N) is 2. The number of carbonyl (C=O) groups is 2. The quantitative estimate of drug-likeness (QED) is 0.318. The number of nitrogens with one attached hydrogen (secondary N) is 1. The minimum Gasteiger partial charge on any atom is -0.354 e. The van der Waals surface area contributed by atoms with E-state index in [2.05, 4.69) is 5.32 Å². The number of aryl methyl sites for hydroxylation is 1. The zero-order valence-corrected chi connectivity index (χ0v) is 23.8. The van der Waals surface area contributed by atoms with E-state index in [9.17, 15) is 22.4 Å². The number of halogens is 2. The first-order valence-electron chi connectivity index (χ1n) is 12.7. The molecule has 0 heterocycles. The summed E-state index contributed by atoms with van der Waals surface area (Å²) in [5.41, 5.74) is 1.81. The Balaban J connectivity index is 2.06. The van der Waals surface area contributed by atoms with Gasteiger partial charge in [0, 0.05) is 13.1 Å². The molecule has 0 unspecified atom stereocenters. The lowest BCUT2D eigenvalue weighted by Gasteiger charge is -2.33. The van der Waals surface area contributed by atoms with Crippen LogP contribution in [0, 0.1) is 12.7 Å². The van der Waals surface area contributed by atoms with Gasteiger partial charge in [0.2, 0.25) is 11.8 Å². The van der Waals surface area contributed by atoms with E-state index < -0.39 is 34.3 Å². The maximum atomic E-state index is 14.0. The van der Waals surface area contributed by atoms with Crippen LogP contribution < -0.4 is 9.62 Å². The molecule has 3 aromatic carbocycles. The summed E-state index contributed by atoms with van der Waals surface area (Å²) in [6, 6.07) is 17.8. The topological polar surface area (TPSA) is 86.8 Å². The SMILES string of the molecule is CCCNC(=O)[C@@H](CC)N(Cc1cccc(C)c1)C(=O)CN(c1ccc(F)c(Cl)c1)S(=O)(=O)c1ccccc1. The van der Waals surface area contributed by atoms with Crippen LogP contribution in [-0.2, 0) is 26.2 Å². The molecule has 0 saturated carbocycles. The van der Waals surface area contributed by atoms with Gasteiger partial charge in [0.25, 0.3) is 10.0 Å². The highest BCUT2D eigenvalue weighted by molar-refractivity contribution is 7.92. The van der Waals surface area contributed by atoms with E-state index in [-0.39, 0.29) is 28.1 Å². The van der Waals surface area contributed by atoms with Crippen molar-refractivity contribution >= 4 is 39.1 Å². The second-order valence-electron chi connectivity index (χ2n) is 9.15. The van der Waals surface area contributed by atoms with Gasteiger partial charge < -0.3 is 10.2 Å². The molecule has 10 heteroatoms. The fourth-order valence-corrected chi connectivity index (χ4v) is 5.78. The highest BCUT2D eigenvalue weighted by Crippen LogP contribution is 2.28. The second-order valence-corrected chi connectivity index (χ2v) is 11.4. The van der Waals surface area contributed by atoms with Crippen molar-refractivity contribution in [2.24, 2.45) is 0 Å². The number of rotatable bonds is 12. The number of benzene rings is 3. The van der Waals surface area contributed by atoms with Crippen molar-refractivity contribution in [3.8, 4) is 0 Å². The van der Waals surface area contributed by atoms with E-state index in [1.807, 2.05) is 38.1 Å². The van der Waals surface area contributed by atoms with Gasteiger partial charge >= 0.3 is 0 Å². The van der Waals surface area contributed by atoms with Crippen molar-refractivity contribution in [2.45, 2.75) is 51.1 Å². The third-order valence-electron chi connectivity index (χ3n) is 6.17. The number of carbonyl (C=O) groups excluding carboxylic acids is 2. The van der Waals surface area contributed by atoms with Crippen LogP contribution in [-0.4, -0.2) is 44.3 Å². The van der Waals surface area contributed by atoms with E-state index >= 15 is 0 Å². The van der Waals surface area contributed by atoms with Crippen LogP contribution >= 0.6 is 11.6 Å². The fraction of sp³-hybridized carbons (Fsp3) is 0.310. The number of anilines is 1. The first-order valence-corrected chi connectivity index (χ1v) is 14.6. The minimum absolute atomic E-state index is 0.0255. The Morgan fingerprint density at radius 2 is 1.72 bits per heavy atom. The summed E-state index contributed by atoms with van der Waals surface area (Å²) >= 11 is 5.99. The molecule has 0 fully saturated rings. The minimum atomic E-state index is -4.25. The van der Waals surface area contributed by atoms with Gasteiger partial charge in [-0.15, -0.1) is 0 Å². The summed E-state index contributed by atoms with van der Waals surface area (Å²) in [5.74, 6) is -1.62. The van der Waals surface area contributed by atoms with Crippen LogP contribution in [0.15, 0.2) is 77.7 Å². The molecule has 39 heavy (non-hydrogen) atoms. The average Bonchev–Trinajstić information content (AvgIpc) is 2.92. The largest absolute Gasteiger partial charge is 0.354 e. The molecule has 0 radical (unpaired) electrons. The van der Waals surface area contributed by atoms with Gasteiger partial charge in [-0.2, -0.15) is 0 Å². The van der Waals surface area contributed by atoms with Crippen LogP contribution in [0.1, 0.15) is 37.8 Å². The predicted molar refractivity (Wildman–Crippen MR) is 151 cm³/mol. The summed E-state index contributed by atoms with van der Waals surface area (Å²) in [7, 11) is -4.25. The van der Waals surface area contributed by atoms with Crippen molar-refractivity contribution in [1.29, 1.82) is 0 Å². The highest BCUT2D eigenvalue weighted by Gasteiger charge is 2.33. The monoisotopic (exact) mass is 573 g/mol. The second kappa shape index (κ2) is 13.6. The van der Waals surface area contributed by atoms with Gasteiger partial charge in [0.15, 0.2) is 0 Å². The van der Waals surface area contributed by atoms with Gasteiger partial charge in [-0.05, 0) is 55.7 Å². The first-order chi connectivity index (χ1) is 18.6. The van der Waals surface area contributed by atoms with E-state index in [0.29, 0.717) is 13.0 Å². The molecule has 1 N–H and O–H groups in total. The molecule has 1 atom stereocenters. The molecule has 208 valence electrons. The third kappa shape index (κ3) is 7.58. The molecule has 0 aromatic heterocycles. The Morgan fingerprint density at radius 1 is 1.00 bits per heavy atom.